The summed E-state index contributed by atoms with van der Waals surface area (Å²) in [6, 6.07) is 5.67. The Bertz CT molecular complexity index is 690. The largest absolute Gasteiger partial charge is 0.465 e. The van der Waals surface area contributed by atoms with Gasteiger partial charge in [-0.25, -0.2) is 9.59 Å². The molecule has 2 N–H and O–H groups in total. The average Bonchev–Trinajstić information content (AvgIpc) is 2.69. The molecule has 1 aromatic rings. The van der Waals surface area contributed by atoms with Crippen LogP contribution in [-0.2, 0) is 14.3 Å². The van der Waals surface area contributed by atoms with E-state index in [0.717, 1.165) is 5.56 Å². The summed E-state index contributed by atoms with van der Waals surface area (Å²) in [5.74, 6) is -0.656. The van der Waals surface area contributed by atoms with E-state index < -0.39 is 18.1 Å². The molecule has 0 aromatic heterocycles. The number of imide groups is 1. The Morgan fingerprint density at radius 2 is 1.68 bits per heavy atom. The van der Waals surface area contributed by atoms with Gasteiger partial charge in [-0.15, -0.1) is 0 Å². The summed E-state index contributed by atoms with van der Waals surface area (Å²) in [7, 11) is 1.46. The molecule has 3 amide bonds. The SMILES string of the molecule is CCOC(=O)[C@H](c1ccc(Cl)cc1)N1CCN([C@@H](C)C(=O)NC(=O)NC)CC1. The fourth-order valence-corrected chi connectivity index (χ4v) is 3.32. The quantitative estimate of drug-likeness (QED) is 0.689. The summed E-state index contributed by atoms with van der Waals surface area (Å²) in [5.41, 5.74) is 0.821. The number of nitrogens with zero attached hydrogens (tertiary/aromatic N) is 2. The average molecular weight is 411 g/mol. The Hall–Kier alpha value is -2.16. The minimum Gasteiger partial charge on any atom is -0.465 e. The van der Waals surface area contributed by atoms with Gasteiger partial charge in [-0.3, -0.25) is 19.9 Å². The number of amides is 3. The molecule has 1 aliphatic rings. The maximum Gasteiger partial charge on any atom is 0.328 e. The highest BCUT2D eigenvalue weighted by Crippen LogP contribution is 2.25. The van der Waals surface area contributed by atoms with Gasteiger partial charge >= 0.3 is 12.0 Å². The molecule has 1 saturated heterocycles. The van der Waals surface area contributed by atoms with Crippen molar-refractivity contribution in [1.82, 2.24) is 20.4 Å². The number of urea groups is 1. The highest BCUT2D eigenvalue weighted by atomic mass is 35.5. The van der Waals surface area contributed by atoms with Gasteiger partial charge in [0.2, 0.25) is 5.91 Å². The predicted molar refractivity (Wildman–Crippen MR) is 106 cm³/mol. The van der Waals surface area contributed by atoms with Crippen LogP contribution in [0.4, 0.5) is 4.79 Å². The van der Waals surface area contributed by atoms with E-state index in [2.05, 4.69) is 10.6 Å². The van der Waals surface area contributed by atoms with Gasteiger partial charge in [0.15, 0.2) is 0 Å². The second-order valence-electron chi connectivity index (χ2n) is 6.52. The van der Waals surface area contributed by atoms with Crippen LogP contribution in [0.15, 0.2) is 24.3 Å². The van der Waals surface area contributed by atoms with Crippen molar-refractivity contribution in [1.29, 1.82) is 0 Å². The van der Waals surface area contributed by atoms with Crippen LogP contribution in [-0.4, -0.2) is 73.6 Å². The standard InChI is InChI=1S/C19H27ClN4O4/c1-4-28-18(26)16(14-5-7-15(20)8-6-14)24-11-9-23(10-12-24)13(2)17(25)22-19(27)21-3/h5-8,13,16H,4,9-12H2,1-3H3,(H2,21,22,25,27)/t13-,16-/m0/s1. The van der Waals surface area contributed by atoms with E-state index in [1.807, 2.05) is 21.9 Å². The third-order valence-electron chi connectivity index (χ3n) is 4.80. The van der Waals surface area contributed by atoms with E-state index in [-0.39, 0.29) is 11.9 Å². The topological polar surface area (TPSA) is 91.0 Å². The lowest BCUT2D eigenvalue weighted by molar-refractivity contribution is -0.151. The summed E-state index contributed by atoms with van der Waals surface area (Å²) in [6.07, 6.45) is 0. The van der Waals surface area contributed by atoms with Gasteiger partial charge in [-0.2, -0.15) is 0 Å². The number of piperazine rings is 1. The molecule has 0 aliphatic carbocycles. The number of ether oxygens (including phenoxy) is 1. The highest BCUT2D eigenvalue weighted by Gasteiger charge is 2.33. The lowest BCUT2D eigenvalue weighted by Crippen LogP contribution is -2.56. The zero-order valence-corrected chi connectivity index (χ0v) is 17.2. The molecule has 9 heteroatoms. The number of halogens is 1. The van der Waals surface area contributed by atoms with Crippen LogP contribution in [0.25, 0.3) is 0 Å². The lowest BCUT2D eigenvalue weighted by Gasteiger charge is -2.40. The molecule has 0 bridgehead atoms. The summed E-state index contributed by atoms with van der Waals surface area (Å²) < 4.78 is 5.27. The molecule has 8 nitrogen and oxygen atoms in total. The second kappa shape index (κ2) is 10.4. The van der Waals surface area contributed by atoms with Gasteiger partial charge in [0, 0.05) is 38.2 Å². The van der Waals surface area contributed by atoms with E-state index in [1.165, 1.54) is 7.05 Å². The van der Waals surface area contributed by atoms with E-state index >= 15 is 0 Å². The number of benzene rings is 1. The van der Waals surface area contributed by atoms with Crippen LogP contribution in [0.3, 0.4) is 0 Å². The molecule has 0 unspecified atom stereocenters. The molecule has 0 saturated carbocycles. The molecule has 28 heavy (non-hydrogen) atoms. The molecule has 2 rings (SSSR count). The first-order valence-corrected chi connectivity index (χ1v) is 9.68. The first-order valence-electron chi connectivity index (χ1n) is 9.30. The second-order valence-corrected chi connectivity index (χ2v) is 6.96. The van der Waals surface area contributed by atoms with Crippen LogP contribution in [0.2, 0.25) is 5.02 Å². The minimum absolute atomic E-state index is 0.302. The normalized spacial score (nSPS) is 17.4. The van der Waals surface area contributed by atoms with Gasteiger partial charge in [-0.1, -0.05) is 23.7 Å². The number of carbonyl (C=O) groups is 3. The number of hydrogen-bond acceptors (Lipinski definition) is 6. The molecular formula is C19H27ClN4O4. The molecular weight excluding hydrogens is 384 g/mol. The Morgan fingerprint density at radius 1 is 1.11 bits per heavy atom. The zero-order chi connectivity index (χ0) is 20.7. The van der Waals surface area contributed by atoms with Crippen LogP contribution in [0.1, 0.15) is 25.5 Å². The van der Waals surface area contributed by atoms with Gasteiger partial charge in [0.25, 0.3) is 0 Å². The van der Waals surface area contributed by atoms with Crippen LogP contribution >= 0.6 is 11.6 Å². The number of rotatable bonds is 6. The van der Waals surface area contributed by atoms with Crippen molar-refractivity contribution in [2.75, 3.05) is 39.8 Å². The number of esters is 1. The zero-order valence-electron chi connectivity index (χ0n) is 16.4. The van der Waals surface area contributed by atoms with Crippen LogP contribution in [0.5, 0.6) is 0 Å². The third-order valence-corrected chi connectivity index (χ3v) is 5.05. The Morgan fingerprint density at radius 3 is 2.21 bits per heavy atom. The summed E-state index contributed by atoms with van der Waals surface area (Å²) >= 11 is 5.97. The Kier molecular flexibility index (Phi) is 8.22. The van der Waals surface area contributed by atoms with Gasteiger partial charge in [0.05, 0.1) is 12.6 Å². The molecule has 2 atom stereocenters. The monoisotopic (exact) mass is 410 g/mol. The van der Waals surface area contributed by atoms with Crippen molar-refractivity contribution in [3.63, 3.8) is 0 Å². The van der Waals surface area contributed by atoms with Gasteiger partial charge in [0.1, 0.15) is 6.04 Å². The van der Waals surface area contributed by atoms with Crippen LogP contribution < -0.4 is 10.6 Å². The van der Waals surface area contributed by atoms with Crippen molar-refractivity contribution in [2.45, 2.75) is 25.9 Å². The van der Waals surface area contributed by atoms with Crippen molar-refractivity contribution in [3.05, 3.63) is 34.9 Å². The highest BCUT2D eigenvalue weighted by molar-refractivity contribution is 6.30. The van der Waals surface area contributed by atoms with E-state index in [1.54, 1.807) is 26.0 Å². The van der Waals surface area contributed by atoms with E-state index in [9.17, 15) is 14.4 Å². The molecule has 0 spiro atoms. The fraction of sp³-hybridized carbons (Fsp3) is 0.526. The maximum atomic E-state index is 12.6. The molecule has 1 heterocycles. The minimum atomic E-state index is -0.527. The fourth-order valence-electron chi connectivity index (χ4n) is 3.19. The van der Waals surface area contributed by atoms with Crippen molar-refractivity contribution >= 4 is 29.5 Å². The molecule has 0 radical (unpaired) electrons. The van der Waals surface area contributed by atoms with Crippen molar-refractivity contribution in [2.24, 2.45) is 0 Å². The van der Waals surface area contributed by atoms with Gasteiger partial charge in [-0.05, 0) is 31.5 Å². The summed E-state index contributed by atoms with van der Waals surface area (Å²) in [5, 5.41) is 5.26. The first kappa shape index (κ1) is 22.1. The predicted octanol–water partition coefficient (Wildman–Crippen LogP) is 1.41. The summed E-state index contributed by atoms with van der Waals surface area (Å²) in [4.78, 5) is 40.1. The van der Waals surface area contributed by atoms with Crippen molar-refractivity contribution < 1.29 is 19.1 Å². The van der Waals surface area contributed by atoms with E-state index in [0.29, 0.717) is 37.8 Å². The molecule has 1 aromatic carbocycles. The third kappa shape index (κ3) is 5.67. The summed E-state index contributed by atoms with van der Waals surface area (Å²) in [6.45, 7) is 6.20. The van der Waals surface area contributed by atoms with E-state index in [4.69, 9.17) is 16.3 Å². The number of hydrogen-bond donors (Lipinski definition) is 2. The Balaban J connectivity index is 2.04. The number of nitrogens with one attached hydrogen (secondary N) is 2. The molecule has 1 fully saturated rings. The lowest BCUT2D eigenvalue weighted by atomic mass is 10.0. The molecule has 154 valence electrons. The Labute approximate surface area is 170 Å². The smallest absolute Gasteiger partial charge is 0.328 e. The molecule has 1 aliphatic heterocycles. The van der Waals surface area contributed by atoms with Crippen LogP contribution in [0, 0.1) is 0 Å². The maximum absolute atomic E-state index is 12.6. The van der Waals surface area contributed by atoms with Gasteiger partial charge < -0.3 is 10.1 Å². The van der Waals surface area contributed by atoms with Crippen molar-refractivity contribution in [3.8, 4) is 0 Å². The number of carbonyl (C=O) groups excluding carboxylic acids is 3. The first-order chi connectivity index (χ1) is 13.4.